The Hall–Kier alpha value is -1.14. The Labute approximate surface area is 113 Å². The highest BCUT2D eigenvalue weighted by Gasteiger charge is 2.16. The summed E-state index contributed by atoms with van der Waals surface area (Å²) in [5.41, 5.74) is 0.989. The Kier molecular flexibility index (Phi) is 3.87. The number of thiazole rings is 1. The molecule has 0 aromatic carbocycles. The van der Waals surface area contributed by atoms with Gasteiger partial charge in [0, 0.05) is 32.9 Å². The van der Waals surface area contributed by atoms with E-state index in [4.69, 9.17) is 4.74 Å². The van der Waals surface area contributed by atoms with Crippen LogP contribution in [-0.2, 0) is 7.05 Å². The molecule has 0 aliphatic heterocycles. The molecule has 0 aliphatic rings. The molecular formula is C12H19N3OSSi. The number of aryl methyl sites for hydroxylation is 1. The summed E-state index contributed by atoms with van der Waals surface area (Å²) in [6.45, 7) is 7.77. The molecule has 2 aromatic heterocycles. The van der Waals surface area contributed by atoms with Crippen LogP contribution in [0.1, 0.15) is 0 Å². The first-order valence-corrected chi connectivity index (χ1v) is 10.6. The van der Waals surface area contributed by atoms with Crippen LogP contribution in [0.3, 0.4) is 0 Å². The summed E-state index contributed by atoms with van der Waals surface area (Å²) in [6.07, 6.45) is 3.77. The van der Waals surface area contributed by atoms with Gasteiger partial charge in [0.15, 0.2) is 0 Å². The predicted molar refractivity (Wildman–Crippen MR) is 78.0 cm³/mol. The Bertz CT molecular complexity index is 502. The van der Waals surface area contributed by atoms with E-state index in [-0.39, 0.29) is 0 Å². The molecule has 0 aliphatic carbocycles. The zero-order chi connectivity index (χ0) is 13.2. The molecule has 0 unspecified atom stereocenters. The quantitative estimate of drug-likeness (QED) is 0.790. The Morgan fingerprint density at radius 2 is 2.17 bits per heavy atom. The topological polar surface area (TPSA) is 39.9 Å². The molecule has 0 radical (unpaired) electrons. The Balaban J connectivity index is 2.09. The van der Waals surface area contributed by atoms with Crippen LogP contribution in [0, 0.1) is 0 Å². The van der Waals surface area contributed by atoms with Gasteiger partial charge in [-0.05, 0) is 6.04 Å². The van der Waals surface area contributed by atoms with Gasteiger partial charge in [-0.25, -0.2) is 4.98 Å². The minimum Gasteiger partial charge on any atom is -0.476 e. The van der Waals surface area contributed by atoms with Gasteiger partial charge in [0.1, 0.15) is 5.01 Å². The summed E-state index contributed by atoms with van der Waals surface area (Å²) in [6, 6.07) is 1.14. The lowest BCUT2D eigenvalue weighted by atomic mass is 10.3. The van der Waals surface area contributed by atoms with Gasteiger partial charge in [0.05, 0.1) is 12.2 Å². The van der Waals surface area contributed by atoms with Gasteiger partial charge in [-0.15, -0.1) is 16.4 Å². The van der Waals surface area contributed by atoms with E-state index in [2.05, 4.69) is 29.7 Å². The van der Waals surface area contributed by atoms with E-state index in [1.54, 1.807) is 22.2 Å². The van der Waals surface area contributed by atoms with Crippen LogP contribution in [0.5, 0.6) is 5.88 Å². The SMILES string of the molecule is Cn1cc(-c2nccs2)c(OCC[Si](C)(C)C)n1. The van der Waals surface area contributed by atoms with Gasteiger partial charge < -0.3 is 4.74 Å². The molecule has 6 heteroatoms. The molecule has 0 spiro atoms. The highest BCUT2D eigenvalue weighted by molar-refractivity contribution is 7.13. The maximum Gasteiger partial charge on any atom is 0.243 e. The maximum atomic E-state index is 5.83. The molecule has 4 nitrogen and oxygen atoms in total. The molecule has 2 rings (SSSR count). The molecule has 2 aromatic rings. The average molecular weight is 281 g/mol. The highest BCUT2D eigenvalue weighted by atomic mass is 32.1. The maximum absolute atomic E-state index is 5.83. The van der Waals surface area contributed by atoms with Crippen molar-refractivity contribution >= 4 is 19.4 Å². The van der Waals surface area contributed by atoms with Crippen molar-refractivity contribution in [1.29, 1.82) is 0 Å². The van der Waals surface area contributed by atoms with Crippen molar-refractivity contribution in [2.75, 3.05) is 6.61 Å². The lowest BCUT2D eigenvalue weighted by molar-refractivity contribution is 0.322. The summed E-state index contributed by atoms with van der Waals surface area (Å²) in [4.78, 5) is 4.31. The Morgan fingerprint density at radius 3 is 2.78 bits per heavy atom. The standard InChI is InChI=1S/C12H19N3OSSi/c1-15-9-10(12-13-5-7-17-12)11(14-15)16-6-8-18(2,3)4/h5,7,9H,6,8H2,1-4H3. The van der Waals surface area contributed by atoms with E-state index < -0.39 is 8.07 Å². The van der Waals surface area contributed by atoms with Crippen molar-refractivity contribution in [3.63, 3.8) is 0 Å². The molecule has 2 heterocycles. The van der Waals surface area contributed by atoms with E-state index in [0.29, 0.717) is 5.88 Å². The smallest absolute Gasteiger partial charge is 0.243 e. The fourth-order valence-electron chi connectivity index (χ4n) is 1.53. The number of hydrogen-bond acceptors (Lipinski definition) is 4. The Morgan fingerprint density at radius 1 is 1.39 bits per heavy atom. The van der Waals surface area contributed by atoms with Gasteiger partial charge in [-0.1, -0.05) is 19.6 Å². The minimum absolute atomic E-state index is 0.700. The average Bonchev–Trinajstić information content (AvgIpc) is 2.85. The van der Waals surface area contributed by atoms with Crippen LogP contribution >= 0.6 is 11.3 Å². The van der Waals surface area contributed by atoms with E-state index in [1.165, 1.54) is 0 Å². The van der Waals surface area contributed by atoms with Crippen molar-refractivity contribution in [3.05, 3.63) is 17.8 Å². The molecule has 0 atom stereocenters. The summed E-state index contributed by atoms with van der Waals surface area (Å²) in [5, 5.41) is 7.29. The highest BCUT2D eigenvalue weighted by Crippen LogP contribution is 2.30. The van der Waals surface area contributed by atoms with E-state index >= 15 is 0 Å². The van der Waals surface area contributed by atoms with Crippen LogP contribution < -0.4 is 4.74 Å². The third kappa shape index (κ3) is 3.43. The van der Waals surface area contributed by atoms with Crippen molar-refractivity contribution in [1.82, 2.24) is 14.8 Å². The van der Waals surface area contributed by atoms with Gasteiger partial charge in [0.25, 0.3) is 0 Å². The van der Waals surface area contributed by atoms with Gasteiger partial charge >= 0.3 is 0 Å². The van der Waals surface area contributed by atoms with Crippen LogP contribution in [0.2, 0.25) is 25.7 Å². The van der Waals surface area contributed by atoms with Crippen LogP contribution in [0.25, 0.3) is 10.6 Å². The third-order valence-electron chi connectivity index (χ3n) is 2.55. The van der Waals surface area contributed by atoms with E-state index in [1.807, 2.05) is 18.6 Å². The van der Waals surface area contributed by atoms with E-state index in [0.717, 1.165) is 23.2 Å². The second-order valence-corrected chi connectivity index (χ2v) is 12.0. The summed E-state index contributed by atoms with van der Waals surface area (Å²) < 4.78 is 7.61. The molecule has 0 saturated heterocycles. The molecule has 18 heavy (non-hydrogen) atoms. The molecule has 0 saturated carbocycles. The summed E-state index contributed by atoms with van der Waals surface area (Å²) in [7, 11) is 0.845. The van der Waals surface area contributed by atoms with Gasteiger partial charge in [0.2, 0.25) is 5.88 Å². The lowest BCUT2D eigenvalue weighted by Crippen LogP contribution is -2.22. The van der Waals surface area contributed by atoms with Crippen LogP contribution in [0.4, 0.5) is 0 Å². The molecule has 0 bridgehead atoms. The van der Waals surface area contributed by atoms with Crippen molar-refractivity contribution < 1.29 is 4.74 Å². The van der Waals surface area contributed by atoms with Crippen LogP contribution in [-0.4, -0.2) is 29.4 Å². The predicted octanol–water partition coefficient (Wildman–Crippen LogP) is 3.26. The van der Waals surface area contributed by atoms with Crippen molar-refractivity contribution in [3.8, 4) is 16.5 Å². The van der Waals surface area contributed by atoms with Crippen molar-refractivity contribution in [2.24, 2.45) is 7.05 Å². The van der Waals surface area contributed by atoms with Gasteiger partial charge in [-0.2, -0.15) is 0 Å². The van der Waals surface area contributed by atoms with Crippen molar-refractivity contribution in [2.45, 2.75) is 25.7 Å². The summed E-state index contributed by atoms with van der Waals surface area (Å²) in [5.74, 6) is 0.700. The zero-order valence-electron chi connectivity index (χ0n) is 11.3. The fourth-order valence-corrected chi connectivity index (χ4v) is 2.89. The molecule has 98 valence electrons. The second-order valence-electron chi connectivity index (χ2n) is 5.52. The second kappa shape index (κ2) is 5.24. The monoisotopic (exact) mass is 281 g/mol. The summed E-state index contributed by atoms with van der Waals surface area (Å²) >= 11 is 1.61. The minimum atomic E-state index is -1.06. The van der Waals surface area contributed by atoms with Gasteiger partial charge in [-0.3, -0.25) is 4.68 Å². The first-order chi connectivity index (χ1) is 8.46. The first-order valence-electron chi connectivity index (χ1n) is 6.02. The molecule has 0 amide bonds. The largest absolute Gasteiger partial charge is 0.476 e. The normalized spacial score (nSPS) is 11.8. The van der Waals surface area contributed by atoms with Crippen LogP contribution in [0.15, 0.2) is 17.8 Å². The lowest BCUT2D eigenvalue weighted by Gasteiger charge is -2.15. The number of aromatic nitrogens is 3. The third-order valence-corrected chi connectivity index (χ3v) is 5.06. The molecular weight excluding hydrogens is 262 g/mol. The number of hydrogen-bond donors (Lipinski definition) is 0. The van der Waals surface area contributed by atoms with E-state index in [9.17, 15) is 0 Å². The molecule has 0 N–H and O–H groups in total. The fraction of sp³-hybridized carbons (Fsp3) is 0.500. The number of nitrogens with zero attached hydrogens (tertiary/aromatic N) is 3. The first kappa shape index (κ1) is 13.3. The number of ether oxygens (including phenoxy) is 1. The number of rotatable bonds is 5. The zero-order valence-corrected chi connectivity index (χ0v) is 13.1. The molecule has 0 fully saturated rings.